The van der Waals surface area contributed by atoms with Gasteiger partial charge in [-0.2, -0.15) is 8.42 Å². The van der Waals surface area contributed by atoms with Crippen LogP contribution in [0.2, 0.25) is 5.02 Å². The summed E-state index contributed by atoms with van der Waals surface area (Å²) in [6.07, 6.45) is 2.35. The van der Waals surface area contributed by atoms with Crippen LogP contribution in [-0.2, 0) is 15.1 Å². The Bertz CT molecular complexity index is 1270. The predicted molar refractivity (Wildman–Crippen MR) is 132 cm³/mol. The smallest absolute Gasteiger partial charge is 0.394 e. The Balaban J connectivity index is 0.000000658. The first-order chi connectivity index (χ1) is 17.1. The lowest BCUT2D eigenvalue weighted by Crippen LogP contribution is -2.37. The summed E-state index contributed by atoms with van der Waals surface area (Å²) < 4.78 is 62.0. The molecule has 11 nitrogen and oxygen atoms in total. The molecule has 1 aliphatic heterocycles. The lowest BCUT2D eigenvalue weighted by atomic mass is 10.2. The van der Waals surface area contributed by atoms with E-state index in [2.05, 4.69) is 20.2 Å². The van der Waals surface area contributed by atoms with Crippen LogP contribution < -0.4 is 14.8 Å². The van der Waals surface area contributed by atoms with E-state index in [-0.39, 0.29) is 5.02 Å². The van der Waals surface area contributed by atoms with Crippen molar-refractivity contribution in [2.24, 2.45) is 0 Å². The first-order valence-corrected chi connectivity index (χ1v) is 12.6. The second-order valence-electron chi connectivity index (χ2n) is 7.60. The summed E-state index contributed by atoms with van der Waals surface area (Å²) in [7, 11) is -3.07. The Morgan fingerprint density at radius 2 is 1.89 bits per heavy atom. The zero-order chi connectivity index (χ0) is 26.1. The van der Waals surface area contributed by atoms with Crippen LogP contribution >= 0.6 is 11.6 Å². The number of nitrogens with zero attached hydrogens (tertiary/aromatic N) is 3. The molecule has 1 fully saturated rings. The Morgan fingerprint density at radius 1 is 1.17 bits per heavy atom. The molecule has 2 aromatic carbocycles. The topological polar surface area (TPSA) is 143 Å². The molecule has 0 aliphatic carbocycles. The fourth-order valence-electron chi connectivity index (χ4n) is 3.44. The van der Waals surface area contributed by atoms with Crippen molar-refractivity contribution in [3.63, 3.8) is 0 Å². The zero-order valence-electron chi connectivity index (χ0n) is 19.4. The summed E-state index contributed by atoms with van der Waals surface area (Å²) >= 11 is 5.90. The number of methoxy groups -OCH3 is 1. The summed E-state index contributed by atoms with van der Waals surface area (Å²) in [5.74, 6) is 1.31. The summed E-state index contributed by atoms with van der Waals surface area (Å²) in [6.45, 7) is 5.00. The van der Waals surface area contributed by atoms with E-state index >= 15 is 0 Å². The van der Waals surface area contributed by atoms with E-state index in [1.54, 1.807) is 13.2 Å². The van der Waals surface area contributed by atoms with Gasteiger partial charge in [0.05, 0.1) is 37.5 Å². The van der Waals surface area contributed by atoms with Gasteiger partial charge in [0.1, 0.15) is 18.0 Å². The van der Waals surface area contributed by atoms with Gasteiger partial charge in [-0.15, -0.1) is 0 Å². The fraction of sp³-hybridized carbons (Fsp3) is 0.364. The minimum atomic E-state index is -4.67. The van der Waals surface area contributed by atoms with Crippen molar-refractivity contribution in [2.75, 3.05) is 51.9 Å². The van der Waals surface area contributed by atoms with Crippen LogP contribution in [0.1, 0.15) is 6.42 Å². The minimum absolute atomic E-state index is 0.0364. The third-order valence-corrected chi connectivity index (χ3v) is 5.37. The van der Waals surface area contributed by atoms with Gasteiger partial charge in [-0.25, -0.2) is 14.4 Å². The van der Waals surface area contributed by atoms with Crippen LogP contribution in [0.5, 0.6) is 11.5 Å². The van der Waals surface area contributed by atoms with Crippen molar-refractivity contribution >= 4 is 44.4 Å². The van der Waals surface area contributed by atoms with Gasteiger partial charge < -0.3 is 19.5 Å². The standard InChI is InChI=1S/C22H24ClFN4O3.H2O4S/c1-29-20-13-19-16(12-21(20)31-8-2-5-28-6-9-30-10-7-28)22(26-14-25-19)27-15-3-4-18(24)17(23)11-15;1-5(2,3)4/h3-4,11-14H,2,5-10H2,1H3,(H,25,26,27);(H2,1,2,3,4). The predicted octanol–water partition coefficient (Wildman–Crippen LogP) is 3.62. The van der Waals surface area contributed by atoms with Crippen LogP contribution in [0.25, 0.3) is 10.9 Å². The number of morpholine rings is 1. The van der Waals surface area contributed by atoms with Gasteiger partial charge in [0.2, 0.25) is 0 Å². The number of rotatable bonds is 8. The van der Waals surface area contributed by atoms with Crippen LogP contribution in [0.3, 0.4) is 0 Å². The maximum absolute atomic E-state index is 13.5. The number of benzene rings is 2. The third kappa shape index (κ3) is 8.69. The summed E-state index contributed by atoms with van der Waals surface area (Å²) in [4.78, 5) is 11.0. The van der Waals surface area contributed by atoms with Gasteiger partial charge >= 0.3 is 10.4 Å². The molecule has 196 valence electrons. The van der Waals surface area contributed by atoms with Crippen molar-refractivity contribution in [1.82, 2.24) is 14.9 Å². The van der Waals surface area contributed by atoms with Gasteiger partial charge in [0, 0.05) is 36.8 Å². The summed E-state index contributed by atoms with van der Waals surface area (Å²) in [5.41, 5.74) is 1.32. The Labute approximate surface area is 212 Å². The lowest BCUT2D eigenvalue weighted by molar-refractivity contribution is 0.0357. The van der Waals surface area contributed by atoms with E-state index < -0.39 is 16.2 Å². The van der Waals surface area contributed by atoms with E-state index in [1.165, 1.54) is 18.5 Å². The molecule has 3 N–H and O–H groups in total. The zero-order valence-corrected chi connectivity index (χ0v) is 20.9. The molecule has 0 bridgehead atoms. The van der Waals surface area contributed by atoms with Crippen molar-refractivity contribution in [3.05, 3.63) is 47.5 Å². The third-order valence-electron chi connectivity index (χ3n) is 5.08. The molecular formula is C22H26ClFN4O7S. The highest BCUT2D eigenvalue weighted by Gasteiger charge is 2.14. The molecule has 0 saturated carbocycles. The molecule has 0 radical (unpaired) electrons. The van der Waals surface area contributed by atoms with Gasteiger partial charge in [-0.1, -0.05) is 11.6 Å². The quantitative estimate of drug-likeness (QED) is 0.282. The van der Waals surface area contributed by atoms with E-state index in [0.29, 0.717) is 35.1 Å². The number of halogens is 2. The SMILES string of the molecule is COc1cc2ncnc(Nc3ccc(F)c(Cl)c3)c2cc1OCCCN1CCOCC1.O=S(=O)(O)O. The van der Waals surface area contributed by atoms with Gasteiger partial charge in [0.15, 0.2) is 11.5 Å². The number of nitrogens with one attached hydrogen (secondary N) is 1. The number of fused-ring (bicyclic) bond motifs is 1. The average Bonchev–Trinajstić information content (AvgIpc) is 2.83. The molecule has 3 aromatic rings. The second kappa shape index (κ2) is 12.9. The maximum Gasteiger partial charge on any atom is 0.394 e. The van der Waals surface area contributed by atoms with Crippen LogP contribution in [0.15, 0.2) is 36.7 Å². The molecule has 0 unspecified atom stereocenters. The summed E-state index contributed by atoms with van der Waals surface area (Å²) in [6, 6.07) is 8.09. The molecular weight excluding hydrogens is 519 g/mol. The molecule has 1 saturated heterocycles. The lowest BCUT2D eigenvalue weighted by Gasteiger charge is -2.26. The average molecular weight is 545 g/mol. The van der Waals surface area contributed by atoms with Crippen molar-refractivity contribution in [2.45, 2.75) is 6.42 Å². The van der Waals surface area contributed by atoms with E-state index in [4.69, 9.17) is 43.3 Å². The molecule has 36 heavy (non-hydrogen) atoms. The van der Waals surface area contributed by atoms with Crippen molar-refractivity contribution < 1.29 is 36.1 Å². The Morgan fingerprint density at radius 3 is 2.56 bits per heavy atom. The van der Waals surface area contributed by atoms with Gasteiger partial charge in [-0.05, 0) is 30.7 Å². The highest BCUT2D eigenvalue weighted by atomic mass is 35.5. The largest absolute Gasteiger partial charge is 0.493 e. The maximum atomic E-state index is 13.5. The van der Waals surface area contributed by atoms with Gasteiger partial charge in [0.25, 0.3) is 0 Å². The van der Waals surface area contributed by atoms with E-state index in [9.17, 15) is 4.39 Å². The van der Waals surface area contributed by atoms with Crippen LogP contribution in [0.4, 0.5) is 15.9 Å². The highest BCUT2D eigenvalue weighted by Crippen LogP contribution is 2.35. The number of hydrogen-bond acceptors (Lipinski definition) is 9. The van der Waals surface area contributed by atoms with Gasteiger partial charge in [-0.3, -0.25) is 14.0 Å². The van der Waals surface area contributed by atoms with Crippen LogP contribution in [0, 0.1) is 5.82 Å². The van der Waals surface area contributed by atoms with Crippen molar-refractivity contribution in [1.29, 1.82) is 0 Å². The molecule has 0 amide bonds. The number of ether oxygens (including phenoxy) is 3. The first-order valence-electron chi connectivity index (χ1n) is 10.8. The normalized spacial score (nSPS) is 14.1. The van der Waals surface area contributed by atoms with Crippen LogP contribution in [-0.4, -0.2) is 79.0 Å². The minimum Gasteiger partial charge on any atom is -0.493 e. The molecule has 0 atom stereocenters. The molecule has 1 aliphatic rings. The highest BCUT2D eigenvalue weighted by molar-refractivity contribution is 7.79. The van der Waals surface area contributed by atoms with E-state index in [1.807, 2.05) is 12.1 Å². The van der Waals surface area contributed by atoms with Crippen molar-refractivity contribution in [3.8, 4) is 11.5 Å². The molecule has 14 heteroatoms. The number of aromatic nitrogens is 2. The monoisotopic (exact) mass is 544 g/mol. The Hall–Kier alpha value is -2.81. The Kier molecular flexibility index (Phi) is 9.98. The molecule has 1 aromatic heterocycles. The number of hydrogen-bond donors (Lipinski definition) is 3. The summed E-state index contributed by atoms with van der Waals surface area (Å²) in [5, 5.41) is 3.97. The second-order valence-corrected chi connectivity index (χ2v) is 8.90. The fourth-order valence-corrected chi connectivity index (χ4v) is 3.62. The molecule has 2 heterocycles. The number of anilines is 2. The molecule has 0 spiro atoms. The first kappa shape index (κ1) is 27.8. The van der Waals surface area contributed by atoms with E-state index in [0.717, 1.165) is 44.7 Å². The molecule has 4 rings (SSSR count).